The molecule has 0 aliphatic heterocycles. The monoisotopic (exact) mass is 1090 g/mol. The van der Waals surface area contributed by atoms with Crippen LogP contribution in [-0.4, -0.2) is 68.5 Å². The van der Waals surface area contributed by atoms with Crippen LogP contribution < -0.4 is 10.2 Å². The van der Waals surface area contributed by atoms with Gasteiger partial charge in [0, 0.05) is 6.42 Å². The van der Waals surface area contributed by atoms with E-state index in [0.29, 0.717) is 17.4 Å². The molecule has 0 radical (unpaired) electrons. The number of quaternary nitrogens is 1. The summed E-state index contributed by atoms with van der Waals surface area (Å²) in [4.78, 5) is 25.5. The van der Waals surface area contributed by atoms with E-state index in [1.165, 1.54) is 154 Å². The van der Waals surface area contributed by atoms with Gasteiger partial charge in [-0.3, -0.25) is 9.36 Å². The average Bonchev–Trinajstić information content (AvgIpc) is 3.39. The lowest BCUT2D eigenvalue weighted by Crippen LogP contribution is -2.45. The zero-order valence-corrected chi connectivity index (χ0v) is 51.5. The molecule has 0 aliphatic carbocycles. The van der Waals surface area contributed by atoms with E-state index in [0.717, 1.165) is 89.9 Å². The third kappa shape index (κ3) is 60.6. The van der Waals surface area contributed by atoms with Crippen molar-refractivity contribution in [2.45, 2.75) is 276 Å². The number of carbonyl (C=O) groups excluding carboxylic acids is 1. The van der Waals surface area contributed by atoms with Crippen LogP contribution in [0.4, 0.5) is 0 Å². The number of nitrogens with one attached hydrogen (secondary N) is 1. The molecule has 3 atom stereocenters. The molecule has 8 nitrogen and oxygen atoms in total. The maximum atomic E-state index is 13.0. The molecule has 2 N–H and O–H groups in total. The summed E-state index contributed by atoms with van der Waals surface area (Å²) in [6, 6.07) is -0.892. The molecule has 0 aromatic carbocycles. The van der Waals surface area contributed by atoms with Crippen molar-refractivity contribution in [1.29, 1.82) is 0 Å². The van der Waals surface area contributed by atoms with E-state index >= 15 is 0 Å². The van der Waals surface area contributed by atoms with Gasteiger partial charge in [0.1, 0.15) is 13.2 Å². The van der Waals surface area contributed by atoms with Crippen LogP contribution in [0.2, 0.25) is 0 Å². The highest BCUT2D eigenvalue weighted by Crippen LogP contribution is 2.38. The summed E-state index contributed by atoms with van der Waals surface area (Å²) in [6.07, 6.45) is 84.6. The Labute approximate surface area is 476 Å². The highest BCUT2D eigenvalue weighted by molar-refractivity contribution is 7.45. The molecule has 0 bridgehead atoms. The van der Waals surface area contributed by atoms with E-state index in [-0.39, 0.29) is 19.1 Å². The van der Waals surface area contributed by atoms with E-state index in [9.17, 15) is 19.4 Å². The van der Waals surface area contributed by atoms with Crippen molar-refractivity contribution in [3.63, 3.8) is 0 Å². The number of nitrogens with zero attached hydrogens (tertiary/aromatic N) is 1. The Bertz CT molecular complexity index is 1620. The normalized spacial score (nSPS) is 14.5. The quantitative estimate of drug-likeness (QED) is 0.0272. The lowest BCUT2D eigenvalue weighted by Gasteiger charge is -2.29. The second kappa shape index (κ2) is 57.8. The molecule has 0 heterocycles. The number of likely N-dealkylation sites (N-methyl/N-ethyl adjacent to an activating group) is 1. The SMILES string of the molecule is CC/C=C\C/C=C\C/C=C\C/C=C\C/C=C\C/C=C\C/C=C\C/C=C\CCCCCCCCCCCCCCCCC(=O)NC(COP(=O)([O-])OCC[N+](C)(C)C)C(O)/C=C/CCCCCCCCCCCCCCCC. The Morgan fingerprint density at radius 3 is 1.16 bits per heavy atom. The van der Waals surface area contributed by atoms with Crippen LogP contribution >= 0.6 is 7.82 Å². The number of hydrogen-bond acceptors (Lipinski definition) is 6. The second-order valence-electron chi connectivity index (χ2n) is 22.4. The molecular formula is C68H121N2O6P. The second-order valence-corrected chi connectivity index (χ2v) is 23.8. The number of allylic oxidation sites excluding steroid dienone is 17. The van der Waals surface area contributed by atoms with Gasteiger partial charge in [-0.15, -0.1) is 0 Å². The third-order valence-corrected chi connectivity index (χ3v) is 14.7. The summed E-state index contributed by atoms with van der Waals surface area (Å²) < 4.78 is 23.4. The maximum absolute atomic E-state index is 13.0. The standard InChI is InChI=1S/C68H121N2O6P/c1-6-8-10-12-14-16-18-20-22-24-25-26-27-28-29-30-31-32-33-34-35-36-37-38-39-40-41-42-43-44-45-46-48-50-52-54-56-58-60-62-68(72)69-66(65-76-77(73,74)75-64-63-70(3,4)5)67(71)61-59-57-55-53-51-49-47-23-21-19-17-15-13-11-9-7-2/h8,10,14,16,20,22,25-26,28-29,31-32,34-35,37-38,59,61,66-67,71H,6-7,9,11-13,15,17-19,21,23-24,27,30,33,36,39-58,60,62-65H2,1-5H3,(H-,69,72,73,74)/b10-8-,16-14-,22-20-,26-25-,29-28-,32-31-,35-34-,38-37-,61-59+. The Balaban J connectivity index is 4.05. The van der Waals surface area contributed by atoms with Crippen LogP contribution in [0.1, 0.15) is 264 Å². The van der Waals surface area contributed by atoms with Gasteiger partial charge in [-0.2, -0.15) is 0 Å². The van der Waals surface area contributed by atoms with Crippen molar-refractivity contribution >= 4 is 13.7 Å². The predicted octanol–water partition coefficient (Wildman–Crippen LogP) is 19.3. The summed E-state index contributed by atoms with van der Waals surface area (Å²) in [5.74, 6) is -0.200. The van der Waals surface area contributed by atoms with E-state index in [4.69, 9.17) is 9.05 Å². The number of carbonyl (C=O) groups is 1. The van der Waals surface area contributed by atoms with Crippen LogP contribution in [-0.2, 0) is 18.4 Å². The van der Waals surface area contributed by atoms with E-state index in [1.54, 1.807) is 6.08 Å². The first-order valence-corrected chi connectivity index (χ1v) is 33.2. The number of phosphoric acid groups is 1. The van der Waals surface area contributed by atoms with Gasteiger partial charge >= 0.3 is 0 Å². The summed E-state index contributed by atoms with van der Waals surface area (Å²) in [6.45, 7) is 4.54. The molecule has 0 saturated carbocycles. The van der Waals surface area contributed by atoms with Crippen molar-refractivity contribution in [3.05, 3.63) is 109 Å². The largest absolute Gasteiger partial charge is 0.756 e. The lowest BCUT2D eigenvalue weighted by molar-refractivity contribution is -0.870. The smallest absolute Gasteiger partial charge is 0.268 e. The van der Waals surface area contributed by atoms with Crippen LogP contribution in [0, 0.1) is 0 Å². The molecule has 9 heteroatoms. The van der Waals surface area contributed by atoms with E-state index in [1.807, 2.05) is 27.2 Å². The minimum absolute atomic E-state index is 0.00421. The zero-order chi connectivity index (χ0) is 56.3. The van der Waals surface area contributed by atoms with Gasteiger partial charge in [-0.1, -0.05) is 284 Å². The van der Waals surface area contributed by atoms with Crippen molar-refractivity contribution in [1.82, 2.24) is 5.32 Å². The first-order valence-electron chi connectivity index (χ1n) is 31.7. The summed E-state index contributed by atoms with van der Waals surface area (Å²) in [7, 11) is 1.26. The minimum Gasteiger partial charge on any atom is -0.756 e. The van der Waals surface area contributed by atoms with Gasteiger partial charge in [0.25, 0.3) is 7.82 Å². The maximum Gasteiger partial charge on any atom is 0.268 e. The van der Waals surface area contributed by atoms with Crippen LogP contribution in [0.5, 0.6) is 0 Å². The van der Waals surface area contributed by atoms with Gasteiger partial charge in [0.05, 0.1) is 39.9 Å². The minimum atomic E-state index is -4.60. The van der Waals surface area contributed by atoms with E-state index in [2.05, 4.69) is 116 Å². The number of aliphatic hydroxyl groups excluding tert-OH is 1. The van der Waals surface area contributed by atoms with Crippen molar-refractivity contribution in [3.8, 4) is 0 Å². The Morgan fingerprint density at radius 2 is 0.792 bits per heavy atom. The van der Waals surface area contributed by atoms with Crippen LogP contribution in [0.3, 0.4) is 0 Å². The molecule has 0 aromatic rings. The predicted molar refractivity (Wildman–Crippen MR) is 334 cm³/mol. The summed E-state index contributed by atoms with van der Waals surface area (Å²) >= 11 is 0. The van der Waals surface area contributed by atoms with Crippen LogP contribution in [0.15, 0.2) is 109 Å². The number of phosphoric ester groups is 1. The Morgan fingerprint density at radius 1 is 0.468 bits per heavy atom. The van der Waals surface area contributed by atoms with Crippen molar-refractivity contribution in [2.24, 2.45) is 0 Å². The molecule has 0 aliphatic rings. The van der Waals surface area contributed by atoms with Crippen molar-refractivity contribution in [2.75, 3.05) is 40.9 Å². The average molecular weight is 1090 g/mol. The highest BCUT2D eigenvalue weighted by atomic mass is 31.2. The fraction of sp³-hybridized carbons (Fsp3) is 0.721. The van der Waals surface area contributed by atoms with Gasteiger partial charge in [0.15, 0.2) is 0 Å². The number of rotatable bonds is 57. The summed E-state index contributed by atoms with van der Waals surface area (Å²) in [5.41, 5.74) is 0. The topological polar surface area (TPSA) is 108 Å². The first kappa shape index (κ1) is 74.2. The van der Waals surface area contributed by atoms with Crippen molar-refractivity contribution < 1.29 is 32.9 Å². The number of amides is 1. The van der Waals surface area contributed by atoms with Gasteiger partial charge in [0.2, 0.25) is 5.91 Å². The third-order valence-electron chi connectivity index (χ3n) is 13.7. The fourth-order valence-electron chi connectivity index (χ4n) is 8.82. The first-order chi connectivity index (χ1) is 37.5. The zero-order valence-electron chi connectivity index (χ0n) is 50.6. The van der Waals surface area contributed by atoms with Gasteiger partial charge < -0.3 is 28.8 Å². The Kier molecular flexibility index (Phi) is 55.7. The number of hydrogen-bond donors (Lipinski definition) is 2. The Hall–Kier alpha value is -2.84. The number of aliphatic hydroxyl groups is 1. The molecule has 0 aromatic heterocycles. The molecule has 3 unspecified atom stereocenters. The number of unbranched alkanes of at least 4 members (excludes halogenated alkanes) is 28. The highest BCUT2D eigenvalue weighted by Gasteiger charge is 2.23. The molecule has 0 fully saturated rings. The lowest BCUT2D eigenvalue weighted by atomic mass is 10.0. The van der Waals surface area contributed by atoms with Gasteiger partial charge in [-0.05, 0) is 83.5 Å². The molecular weight excluding hydrogens is 972 g/mol. The fourth-order valence-corrected chi connectivity index (χ4v) is 9.54. The van der Waals surface area contributed by atoms with Crippen LogP contribution in [0.25, 0.3) is 0 Å². The molecule has 444 valence electrons. The molecule has 0 saturated heterocycles. The summed E-state index contributed by atoms with van der Waals surface area (Å²) in [5, 5.41) is 13.9. The molecule has 0 spiro atoms. The van der Waals surface area contributed by atoms with E-state index < -0.39 is 20.0 Å². The molecule has 1 amide bonds. The van der Waals surface area contributed by atoms with Gasteiger partial charge in [-0.25, -0.2) is 0 Å². The molecule has 0 rings (SSSR count). The molecule has 77 heavy (non-hydrogen) atoms.